The minimum absolute atomic E-state index is 0.189. The van der Waals surface area contributed by atoms with E-state index >= 15 is 0 Å². The lowest BCUT2D eigenvalue weighted by atomic mass is 10.2. The zero-order valence-corrected chi connectivity index (χ0v) is 8.79. The monoisotopic (exact) mass is 222 g/mol. The highest BCUT2D eigenvalue weighted by Gasteiger charge is 2.02. The van der Waals surface area contributed by atoms with Gasteiger partial charge in [0.25, 0.3) is 0 Å². The van der Waals surface area contributed by atoms with Gasteiger partial charge in [0.05, 0.1) is 25.2 Å². The van der Waals surface area contributed by atoms with Gasteiger partial charge in [-0.3, -0.25) is 4.79 Å². The van der Waals surface area contributed by atoms with E-state index in [2.05, 4.69) is 10.1 Å². The summed E-state index contributed by atoms with van der Waals surface area (Å²) in [4.78, 5) is 10.8. The van der Waals surface area contributed by atoms with E-state index in [4.69, 9.17) is 5.26 Å². The lowest BCUT2D eigenvalue weighted by Crippen LogP contribution is -2.09. The SMILES string of the molecule is COC(=O)CCNc1cc(F)cc(C#N)c1. The van der Waals surface area contributed by atoms with E-state index in [0.717, 1.165) is 6.07 Å². The number of carbonyl (C=O) groups is 1. The lowest BCUT2D eigenvalue weighted by Gasteiger charge is -2.05. The summed E-state index contributed by atoms with van der Waals surface area (Å²) < 4.78 is 17.4. The average Bonchev–Trinajstić information content (AvgIpc) is 2.28. The largest absolute Gasteiger partial charge is 0.469 e. The molecule has 0 unspecified atom stereocenters. The van der Waals surface area contributed by atoms with Crippen LogP contribution in [0.25, 0.3) is 0 Å². The number of nitrogens with one attached hydrogen (secondary N) is 1. The van der Waals surface area contributed by atoms with E-state index < -0.39 is 5.82 Å². The molecule has 0 aliphatic rings. The summed E-state index contributed by atoms with van der Waals surface area (Å²) in [7, 11) is 1.30. The maximum absolute atomic E-state index is 13.0. The van der Waals surface area contributed by atoms with Gasteiger partial charge in [-0.15, -0.1) is 0 Å². The molecular weight excluding hydrogens is 211 g/mol. The zero-order chi connectivity index (χ0) is 12.0. The number of carbonyl (C=O) groups excluding carboxylic acids is 1. The molecule has 0 radical (unpaired) electrons. The molecule has 0 spiro atoms. The number of halogens is 1. The van der Waals surface area contributed by atoms with Crippen LogP contribution in [0.3, 0.4) is 0 Å². The first kappa shape index (κ1) is 12.0. The van der Waals surface area contributed by atoms with E-state index in [0.29, 0.717) is 12.2 Å². The fourth-order valence-corrected chi connectivity index (χ4v) is 1.17. The molecule has 1 aromatic rings. The van der Waals surface area contributed by atoms with Gasteiger partial charge in [-0.1, -0.05) is 0 Å². The van der Waals surface area contributed by atoms with Crippen LogP contribution in [-0.2, 0) is 9.53 Å². The second-order valence-electron chi connectivity index (χ2n) is 3.09. The van der Waals surface area contributed by atoms with E-state index in [1.54, 1.807) is 0 Å². The second kappa shape index (κ2) is 5.71. The second-order valence-corrected chi connectivity index (χ2v) is 3.09. The maximum Gasteiger partial charge on any atom is 0.307 e. The summed E-state index contributed by atoms with van der Waals surface area (Å²) in [6.07, 6.45) is 0.189. The number of anilines is 1. The summed E-state index contributed by atoms with van der Waals surface area (Å²) in [6.45, 7) is 0.334. The minimum Gasteiger partial charge on any atom is -0.469 e. The maximum atomic E-state index is 13.0. The number of methoxy groups -OCH3 is 1. The quantitative estimate of drug-likeness (QED) is 0.787. The van der Waals surface area contributed by atoms with Gasteiger partial charge >= 0.3 is 5.97 Å². The average molecular weight is 222 g/mol. The fourth-order valence-electron chi connectivity index (χ4n) is 1.17. The van der Waals surface area contributed by atoms with E-state index in [9.17, 15) is 9.18 Å². The van der Waals surface area contributed by atoms with Gasteiger partial charge in [0.1, 0.15) is 5.82 Å². The molecule has 0 saturated carbocycles. The minimum atomic E-state index is -0.486. The molecule has 0 aliphatic carbocycles. The third-order valence-corrected chi connectivity index (χ3v) is 1.91. The Bertz CT molecular complexity index is 426. The first-order chi connectivity index (χ1) is 7.65. The van der Waals surface area contributed by atoms with E-state index in [-0.39, 0.29) is 18.0 Å². The predicted molar refractivity (Wildman–Crippen MR) is 56.2 cm³/mol. The Kier molecular flexibility index (Phi) is 4.28. The van der Waals surface area contributed by atoms with Crippen molar-refractivity contribution in [3.63, 3.8) is 0 Å². The van der Waals surface area contributed by atoms with Crippen molar-refractivity contribution >= 4 is 11.7 Å². The van der Waals surface area contributed by atoms with Crippen molar-refractivity contribution in [1.82, 2.24) is 0 Å². The van der Waals surface area contributed by atoms with Crippen LogP contribution in [-0.4, -0.2) is 19.6 Å². The molecule has 84 valence electrons. The van der Waals surface area contributed by atoms with Crippen LogP contribution in [0.5, 0.6) is 0 Å². The van der Waals surface area contributed by atoms with Gasteiger partial charge < -0.3 is 10.1 Å². The fraction of sp³-hybridized carbons (Fsp3) is 0.273. The van der Waals surface area contributed by atoms with Crippen molar-refractivity contribution in [3.05, 3.63) is 29.6 Å². The molecule has 1 rings (SSSR count). The highest BCUT2D eigenvalue weighted by Crippen LogP contribution is 2.13. The number of hydrogen-bond donors (Lipinski definition) is 1. The van der Waals surface area contributed by atoms with Crippen LogP contribution in [0, 0.1) is 17.1 Å². The summed E-state index contributed by atoms with van der Waals surface area (Å²) in [5, 5.41) is 11.5. The molecular formula is C11H11FN2O2. The van der Waals surface area contributed by atoms with Gasteiger partial charge in [0.15, 0.2) is 0 Å². The Morgan fingerprint density at radius 3 is 2.94 bits per heavy atom. The van der Waals surface area contributed by atoms with Crippen molar-refractivity contribution in [2.24, 2.45) is 0 Å². The first-order valence-corrected chi connectivity index (χ1v) is 4.67. The normalized spacial score (nSPS) is 9.31. The highest BCUT2D eigenvalue weighted by atomic mass is 19.1. The van der Waals surface area contributed by atoms with Crippen LogP contribution in [0.15, 0.2) is 18.2 Å². The van der Waals surface area contributed by atoms with E-state index in [1.165, 1.54) is 19.2 Å². The first-order valence-electron chi connectivity index (χ1n) is 4.67. The van der Waals surface area contributed by atoms with Crippen LogP contribution in [0.4, 0.5) is 10.1 Å². The number of ether oxygens (including phenoxy) is 1. The Morgan fingerprint density at radius 1 is 1.56 bits per heavy atom. The lowest BCUT2D eigenvalue weighted by molar-refractivity contribution is -0.140. The molecule has 1 N–H and O–H groups in total. The molecule has 1 aromatic carbocycles. The zero-order valence-electron chi connectivity index (χ0n) is 8.79. The Labute approximate surface area is 92.6 Å². The van der Waals surface area contributed by atoms with Crippen LogP contribution in [0.1, 0.15) is 12.0 Å². The number of nitrogens with zero attached hydrogens (tertiary/aromatic N) is 1. The van der Waals surface area contributed by atoms with Gasteiger partial charge in [-0.25, -0.2) is 4.39 Å². The molecule has 0 aromatic heterocycles. The molecule has 16 heavy (non-hydrogen) atoms. The molecule has 0 heterocycles. The van der Waals surface area contributed by atoms with Crippen molar-refractivity contribution in [2.75, 3.05) is 19.0 Å². The van der Waals surface area contributed by atoms with Crippen molar-refractivity contribution in [1.29, 1.82) is 5.26 Å². The molecule has 0 bridgehead atoms. The Balaban J connectivity index is 2.57. The van der Waals surface area contributed by atoms with Gasteiger partial charge in [0.2, 0.25) is 0 Å². The van der Waals surface area contributed by atoms with Crippen molar-refractivity contribution < 1.29 is 13.9 Å². The third kappa shape index (κ3) is 3.58. The van der Waals surface area contributed by atoms with Gasteiger partial charge in [-0.2, -0.15) is 5.26 Å². The number of esters is 1. The molecule has 0 atom stereocenters. The van der Waals surface area contributed by atoms with Crippen LogP contribution < -0.4 is 5.32 Å². The number of hydrogen-bond acceptors (Lipinski definition) is 4. The summed E-state index contributed by atoms with van der Waals surface area (Å²) in [5.41, 5.74) is 0.709. The van der Waals surface area contributed by atoms with Crippen LogP contribution >= 0.6 is 0 Å². The number of nitriles is 1. The predicted octanol–water partition coefficient (Wildman–Crippen LogP) is 1.67. The topological polar surface area (TPSA) is 62.1 Å². The molecule has 0 aliphatic heterocycles. The Hall–Kier alpha value is -2.09. The van der Waals surface area contributed by atoms with E-state index in [1.807, 2.05) is 6.07 Å². The van der Waals surface area contributed by atoms with Gasteiger partial charge in [-0.05, 0) is 18.2 Å². The Morgan fingerprint density at radius 2 is 2.31 bits per heavy atom. The summed E-state index contributed by atoms with van der Waals surface area (Å²) in [5.74, 6) is -0.830. The van der Waals surface area contributed by atoms with Gasteiger partial charge in [0, 0.05) is 12.2 Å². The summed E-state index contributed by atoms with van der Waals surface area (Å²) in [6, 6.07) is 5.77. The molecule has 0 saturated heterocycles. The number of benzene rings is 1. The third-order valence-electron chi connectivity index (χ3n) is 1.91. The van der Waals surface area contributed by atoms with Crippen molar-refractivity contribution in [2.45, 2.75) is 6.42 Å². The molecule has 0 fully saturated rings. The molecule has 5 heteroatoms. The standard InChI is InChI=1S/C11H11FN2O2/c1-16-11(15)2-3-14-10-5-8(7-13)4-9(12)6-10/h4-6,14H,2-3H2,1H3. The highest BCUT2D eigenvalue weighted by molar-refractivity contribution is 5.69. The molecule has 0 amide bonds. The molecule has 4 nitrogen and oxygen atoms in total. The van der Waals surface area contributed by atoms with Crippen molar-refractivity contribution in [3.8, 4) is 6.07 Å². The smallest absolute Gasteiger partial charge is 0.307 e. The number of rotatable bonds is 4. The summed E-state index contributed by atoms with van der Waals surface area (Å²) >= 11 is 0. The van der Waals surface area contributed by atoms with Crippen LogP contribution in [0.2, 0.25) is 0 Å².